The molecule has 1 atom stereocenters. The van der Waals surface area contributed by atoms with E-state index in [1.807, 2.05) is 6.07 Å². The Hall–Kier alpha value is -1.48. The van der Waals surface area contributed by atoms with E-state index in [-0.39, 0.29) is 0 Å². The third-order valence-corrected chi connectivity index (χ3v) is 1.35. The van der Waals surface area contributed by atoms with Crippen molar-refractivity contribution >= 4 is 0 Å². The lowest BCUT2D eigenvalue weighted by Crippen LogP contribution is -2.33. The number of hydrogen-bond donors (Lipinski definition) is 1. The first kappa shape index (κ1) is 9.61. The molecule has 0 aliphatic carbocycles. The Labute approximate surface area is 77.2 Å². The zero-order valence-electron chi connectivity index (χ0n) is 7.43. The minimum atomic E-state index is -1.66. The average molecular weight is 180 g/mol. The summed E-state index contributed by atoms with van der Waals surface area (Å²) >= 11 is 0. The quantitative estimate of drug-likeness (QED) is 0.568. The Morgan fingerprint density at radius 3 is 2.54 bits per heavy atom. The molecule has 0 aliphatic heterocycles. The Kier molecular flexibility index (Phi) is 2.93. The van der Waals surface area contributed by atoms with Crippen LogP contribution in [0.5, 0.6) is 5.75 Å². The first-order chi connectivity index (χ1) is 6.14. The van der Waals surface area contributed by atoms with Gasteiger partial charge >= 0.3 is 5.97 Å². The molecule has 1 N–H and O–H groups in total. The fraction of sp³-hybridized carbons (Fsp3) is 0.200. The summed E-state index contributed by atoms with van der Waals surface area (Å²) in [6.07, 6.45) is 1.13. The van der Waals surface area contributed by atoms with Crippen molar-refractivity contribution in [2.45, 2.75) is 12.9 Å². The van der Waals surface area contributed by atoms with Crippen LogP contribution in [0.15, 0.2) is 43.2 Å². The molecule has 0 aromatic heterocycles. The number of ether oxygens (including phenoxy) is 2. The minimum absolute atomic E-state index is 0.536. The Balaban J connectivity index is 2.63. The van der Waals surface area contributed by atoms with Gasteiger partial charge in [-0.1, -0.05) is 24.8 Å². The molecule has 0 fully saturated rings. The van der Waals surface area contributed by atoms with Gasteiger partial charge in [0.05, 0.1) is 6.26 Å². The summed E-state index contributed by atoms with van der Waals surface area (Å²) in [6, 6.07) is 8.91. The molecule has 0 radical (unpaired) electrons. The van der Waals surface area contributed by atoms with Crippen molar-refractivity contribution in [2.24, 2.45) is 0 Å². The van der Waals surface area contributed by atoms with Crippen molar-refractivity contribution in [2.75, 3.05) is 0 Å². The molecule has 1 aromatic rings. The molecule has 1 rings (SSSR count). The van der Waals surface area contributed by atoms with E-state index in [4.69, 9.17) is 9.47 Å². The predicted octanol–water partition coefficient (Wildman–Crippen LogP) is 1.89. The lowest BCUT2D eigenvalue weighted by Gasteiger charge is -2.22. The molecule has 1 unspecified atom stereocenters. The van der Waals surface area contributed by atoms with Crippen LogP contribution in [-0.2, 0) is 4.74 Å². The van der Waals surface area contributed by atoms with Crippen molar-refractivity contribution in [3.63, 3.8) is 0 Å². The third kappa shape index (κ3) is 3.17. The van der Waals surface area contributed by atoms with Crippen molar-refractivity contribution in [3.8, 4) is 5.75 Å². The molecule has 0 saturated carbocycles. The minimum Gasteiger partial charge on any atom is -0.439 e. The molecule has 13 heavy (non-hydrogen) atoms. The number of benzene rings is 1. The van der Waals surface area contributed by atoms with Gasteiger partial charge in [-0.25, -0.2) is 0 Å². The highest BCUT2D eigenvalue weighted by molar-refractivity contribution is 5.21. The second-order valence-corrected chi connectivity index (χ2v) is 2.60. The zero-order valence-corrected chi connectivity index (χ0v) is 7.43. The predicted molar refractivity (Wildman–Crippen MR) is 49.0 cm³/mol. The van der Waals surface area contributed by atoms with E-state index in [0.29, 0.717) is 5.75 Å². The van der Waals surface area contributed by atoms with E-state index in [1.54, 1.807) is 24.3 Å². The van der Waals surface area contributed by atoms with Gasteiger partial charge in [-0.05, 0) is 12.1 Å². The highest BCUT2D eigenvalue weighted by Gasteiger charge is 2.22. The maximum absolute atomic E-state index is 9.45. The Bertz CT molecular complexity index is 267. The smallest absolute Gasteiger partial charge is 0.365 e. The molecule has 3 nitrogen and oxygen atoms in total. The van der Waals surface area contributed by atoms with Crippen LogP contribution in [0.4, 0.5) is 0 Å². The van der Waals surface area contributed by atoms with E-state index in [2.05, 4.69) is 6.58 Å². The van der Waals surface area contributed by atoms with Gasteiger partial charge in [0.25, 0.3) is 0 Å². The van der Waals surface area contributed by atoms with E-state index in [9.17, 15) is 5.11 Å². The standard InChI is InChI=1S/C10H12O3/c1-3-12-10(2,11)13-9-7-5-4-6-8-9/h3-8,11H,1H2,2H3. The molecule has 70 valence electrons. The van der Waals surface area contributed by atoms with Crippen molar-refractivity contribution in [3.05, 3.63) is 43.2 Å². The van der Waals surface area contributed by atoms with Crippen LogP contribution < -0.4 is 4.74 Å². The van der Waals surface area contributed by atoms with E-state index in [0.717, 1.165) is 6.26 Å². The van der Waals surface area contributed by atoms with Gasteiger partial charge in [-0.3, -0.25) is 0 Å². The van der Waals surface area contributed by atoms with Crippen LogP contribution in [0.1, 0.15) is 6.92 Å². The van der Waals surface area contributed by atoms with Gasteiger partial charge in [0.1, 0.15) is 5.75 Å². The second-order valence-electron chi connectivity index (χ2n) is 2.60. The number of aliphatic hydroxyl groups is 1. The molecule has 3 heteroatoms. The number of rotatable bonds is 4. The summed E-state index contributed by atoms with van der Waals surface area (Å²) in [7, 11) is 0. The lowest BCUT2D eigenvalue weighted by atomic mass is 10.3. The molecule has 0 spiro atoms. The van der Waals surface area contributed by atoms with Crippen LogP contribution in [0.2, 0.25) is 0 Å². The summed E-state index contributed by atoms with van der Waals surface area (Å²) in [6.45, 7) is 4.72. The molecule has 0 amide bonds. The molecule has 0 aliphatic rings. The van der Waals surface area contributed by atoms with Crippen LogP contribution in [0.25, 0.3) is 0 Å². The lowest BCUT2D eigenvalue weighted by molar-refractivity contribution is -0.280. The van der Waals surface area contributed by atoms with E-state index >= 15 is 0 Å². The normalized spacial score (nSPS) is 14.3. The number of hydrogen-bond acceptors (Lipinski definition) is 3. The Morgan fingerprint density at radius 1 is 1.38 bits per heavy atom. The summed E-state index contributed by atoms with van der Waals surface area (Å²) in [4.78, 5) is 0. The maximum atomic E-state index is 9.45. The van der Waals surface area contributed by atoms with Crippen LogP contribution in [-0.4, -0.2) is 11.1 Å². The zero-order chi connectivity index (χ0) is 9.73. The molecular weight excluding hydrogens is 168 g/mol. The molecule has 1 aromatic carbocycles. The van der Waals surface area contributed by atoms with Gasteiger partial charge in [0, 0.05) is 6.92 Å². The van der Waals surface area contributed by atoms with Gasteiger partial charge in [-0.15, -0.1) is 0 Å². The highest BCUT2D eigenvalue weighted by atomic mass is 16.8. The summed E-state index contributed by atoms with van der Waals surface area (Å²) in [5, 5.41) is 9.45. The molecule has 0 bridgehead atoms. The molecule has 0 heterocycles. The highest BCUT2D eigenvalue weighted by Crippen LogP contribution is 2.16. The summed E-state index contributed by atoms with van der Waals surface area (Å²) in [5.41, 5.74) is 0. The van der Waals surface area contributed by atoms with Crippen LogP contribution in [0.3, 0.4) is 0 Å². The average Bonchev–Trinajstić information content (AvgIpc) is 2.04. The van der Waals surface area contributed by atoms with Crippen molar-refractivity contribution in [1.29, 1.82) is 0 Å². The first-order valence-electron chi connectivity index (χ1n) is 3.89. The van der Waals surface area contributed by atoms with Crippen molar-refractivity contribution in [1.82, 2.24) is 0 Å². The molecular formula is C10H12O3. The van der Waals surface area contributed by atoms with Gasteiger partial charge < -0.3 is 14.6 Å². The van der Waals surface area contributed by atoms with Crippen LogP contribution in [0, 0.1) is 0 Å². The second kappa shape index (κ2) is 3.96. The SMILES string of the molecule is C=COC(C)(O)Oc1ccccc1. The fourth-order valence-corrected chi connectivity index (χ4v) is 0.886. The summed E-state index contributed by atoms with van der Waals surface area (Å²) < 4.78 is 9.83. The van der Waals surface area contributed by atoms with Gasteiger partial charge in [0.2, 0.25) is 0 Å². The fourth-order valence-electron chi connectivity index (χ4n) is 0.886. The van der Waals surface area contributed by atoms with Crippen molar-refractivity contribution < 1.29 is 14.6 Å². The number of para-hydroxylation sites is 1. The largest absolute Gasteiger partial charge is 0.439 e. The maximum Gasteiger partial charge on any atom is 0.365 e. The Morgan fingerprint density at radius 2 is 2.00 bits per heavy atom. The van der Waals surface area contributed by atoms with E-state index < -0.39 is 5.97 Å². The van der Waals surface area contributed by atoms with Gasteiger partial charge in [-0.2, -0.15) is 0 Å². The first-order valence-corrected chi connectivity index (χ1v) is 3.89. The van der Waals surface area contributed by atoms with Gasteiger partial charge in [0.15, 0.2) is 0 Å². The monoisotopic (exact) mass is 180 g/mol. The van der Waals surface area contributed by atoms with E-state index in [1.165, 1.54) is 6.92 Å². The topological polar surface area (TPSA) is 38.7 Å². The van der Waals surface area contributed by atoms with Crippen LogP contribution >= 0.6 is 0 Å². The molecule has 0 saturated heterocycles. The summed E-state index contributed by atoms with van der Waals surface area (Å²) in [5.74, 6) is -1.13. The third-order valence-electron chi connectivity index (χ3n) is 1.35.